The molecule has 5 heteroatoms. The van der Waals surface area contributed by atoms with E-state index in [1.165, 1.54) is 27.2 Å². The maximum atomic E-state index is 11.9. The summed E-state index contributed by atoms with van der Waals surface area (Å²) in [7, 11) is 0. The topological polar surface area (TPSA) is 44.0 Å². The van der Waals surface area contributed by atoms with Gasteiger partial charge in [-0.2, -0.15) is 0 Å². The van der Waals surface area contributed by atoms with Crippen LogP contribution in [0, 0.1) is 0 Å². The van der Waals surface area contributed by atoms with E-state index in [0.717, 1.165) is 5.75 Å². The first kappa shape index (κ1) is 18.4. The van der Waals surface area contributed by atoms with E-state index in [4.69, 9.17) is 0 Å². The molecule has 0 bridgehead atoms. The Bertz CT molecular complexity index is 449. The van der Waals surface area contributed by atoms with Crippen LogP contribution in [-0.4, -0.2) is 15.1 Å². The Morgan fingerprint density at radius 2 is 1.59 bits per heavy atom. The van der Waals surface area contributed by atoms with Crippen molar-refractivity contribution in [3.63, 3.8) is 0 Å². The van der Waals surface area contributed by atoms with Crippen molar-refractivity contribution in [3.8, 4) is 0 Å². The fourth-order valence-electron chi connectivity index (χ4n) is 1.50. The first-order valence-corrected chi connectivity index (χ1v) is 6.11. The molecule has 0 radical (unpaired) electrons. The maximum Gasteiger partial charge on any atom is 0.279 e. The standard InChI is InChI=1S/C10H16N2O2S.2CH4/c1-4-11-9(13)7-8(15-6-3)10(14)12(11)5-2;;/h7H,4-6H2,1-3H3;2*1H4. The Morgan fingerprint density at radius 3 is 2.00 bits per heavy atom. The number of thioether (sulfide) groups is 1. The lowest BCUT2D eigenvalue weighted by Gasteiger charge is -2.12. The van der Waals surface area contributed by atoms with E-state index in [2.05, 4.69) is 0 Å². The minimum Gasteiger partial charge on any atom is -0.268 e. The molecule has 100 valence electrons. The van der Waals surface area contributed by atoms with Crippen LogP contribution in [0.15, 0.2) is 20.6 Å². The van der Waals surface area contributed by atoms with E-state index in [-0.39, 0.29) is 26.0 Å². The van der Waals surface area contributed by atoms with Crippen LogP contribution in [0.25, 0.3) is 0 Å². The number of hydrogen-bond donors (Lipinski definition) is 0. The molecule has 4 nitrogen and oxygen atoms in total. The van der Waals surface area contributed by atoms with Crippen LogP contribution in [0.3, 0.4) is 0 Å². The Labute approximate surface area is 108 Å². The van der Waals surface area contributed by atoms with Crippen molar-refractivity contribution in [2.75, 3.05) is 5.75 Å². The molecule has 0 aliphatic heterocycles. The van der Waals surface area contributed by atoms with Crippen molar-refractivity contribution in [2.45, 2.75) is 53.6 Å². The SMILES string of the molecule is C.C.CCSc1cc(=O)n(CC)n(CC)c1=O. The molecular weight excluding hydrogens is 236 g/mol. The summed E-state index contributed by atoms with van der Waals surface area (Å²) in [6, 6.07) is 1.44. The van der Waals surface area contributed by atoms with E-state index in [9.17, 15) is 9.59 Å². The molecule has 0 atom stereocenters. The van der Waals surface area contributed by atoms with Crippen molar-refractivity contribution in [1.82, 2.24) is 9.36 Å². The van der Waals surface area contributed by atoms with Gasteiger partial charge in [-0.15, -0.1) is 11.8 Å². The van der Waals surface area contributed by atoms with Crippen molar-refractivity contribution < 1.29 is 0 Å². The van der Waals surface area contributed by atoms with Gasteiger partial charge in [-0.05, 0) is 19.6 Å². The molecule has 0 amide bonds. The van der Waals surface area contributed by atoms with Gasteiger partial charge in [0.15, 0.2) is 0 Å². The third-order valence-corrected chi connectivity index (χ3v) is 3.04. The summed E-state index contributed by atoms with van der Waals surface area (Å²) < 4.78 is 2.97. The highest BCUT2D eigenvalue weighted by Crippen LogP contribution is 2.09. The van der Waals surface area contributed by atoms with Gasteiger partial charge in [0, 0.05) is 19.2 Å². The highest BCUT2D eigenvalue weighted by molar-refractivity contribution is 7.99. The fourth-order valence-corrected chi connectivity index (χ4v) is 2.23. The summed E-state index contributed by atoms with van der Waals surface area (Å²) in [5.41, 5.74) is -0.166. The third-order valence-electron chi connectivity index (χ3n) is 2.14. The Kier molecular flexibility index (Phi) is 8.84. The number of aromatic nitrogens is 2. The van der Waals surface area contributed by atoms with Crippen molar-refractivity contribution in [1.29, 1.82) is 0 Å². The zero-order valence-electron chi connectivity index (χ0n) is 9.32. The second kappa shape index (κ2) is 8.17. The van der Waals surface area contributed by atoms with Crippen LogP contribution in [0.2, 0.25) is 0 Å². The first-order valence-electron chi connectivity index (χ1n) is 5.13. The second-order valence-electron chi connectivity index (χ2n) is 3.02. The Morgan fingerprint density at radius 1 is 1.06 bits per heavy atom. The maximum absolute atomic E-state index is 11.9. The van der Waals surface area contributed by atoms with Gasteiger partial charge in [0.2, 0.25) is 0 Å². The highest BCUT2D eigenvalue weighted by atomic mass is 32.2. The number of rotatable bonds is 4. The lowest BCUT2D eigenvalue weighted by molar-refractivity contribution is 0.434. The van der Waals surface area contributed by atoms with Gasteiger partial charge >= 0.3 is 0 Å². The molecule has 0 saturated heterocycles. The van der Waals surface area contributed by atoms with Gasteiger partial charge in [-0.1, -0.05) is 21.8 Å². The first-order chi connectivity index (χ1) is 7.15. The monoisotopic (exact) mass is 260 g/mol. The molecule has 0 fully saturated rings. The van der Waals surface area contributed by atoms with Crippen LogP contribution in [0.1, 0.15) is 35.6 Å². The molecule has 0 N–H and O–H groups in total. The van der Waals surface area contributed by atoms with E-state index in [1.54, 1.807) is 0 Å². The van der Waals surface area contributed by atoms with E-state index in [0.29, 0.717) is 18.0 Å². The van der Waals surface area contributed by atoms with Gasteiger partial charge < -0.3 is 0 Å². The van der Waals surface area contributed by atoms with Crippen LogP contribution in [-0.2, 0) is 13.1 Å². The molecule has 0 saturated carbocycles. The van der Waals surface area contributed by atoms with Crippen molar-refractivity contribution >= 4 is 11.8 Å². The van der Waals surface area contributed by atoms with Gasteiger partial charge in [-0.25, -0.2) is 9.36 Å². The molecule has 17 heavy (non-hydrogen) atoms. The van der Waals surface area contributed by atoms with Crippen LogP contribution < -0.4 is 11.1 Å². The summed E-state index contributed by atoms with van der Waals surface area (Å²) in [6.45, 7) is 6.75. The van der Waals surface area contributed by atoms with E-state index < -0.39 is 0 Å². The smallest absolute Gasteiger partial charge is 0.268 e. The highest BCUT2D eigenvalue weighted by Gasteiger charge is 2.08. The largest absolute Gasteiger partial charge is 0.279 e. The zero-order chi connectivity index (χ0) is 11.4. The minimum absolute atomic E-state index is 0. The number of hydrogen-bond acceptors (Lipinski definition) is 3. The summed E-state index contributed by atoms with van der Waals surface area (Å²) in [6.07, 6.45) is 0. The normalized spacial score (nSPS) is 9.35. The minimum atomic E-state index is -0.102. The van der Waals surface area contributed by atoms with Crippen LogP contribution in [0.5, 0.6) is 0 Å². The molecule has 1 heterocycles. The van der Waals surface area contributed by atoms with Gasteiger partial charge in [0.05, 0.1) is 4.90 Å². The summed E-state index contributed by atoms with van der Waals surface area (Å²) in [4.78, 5) is 24.1. The molecule has 0 aliphatic rings. The number of nitrogens with zero attached hydrogens (tertiary/aromatic N) is 2. The molecule has 0 aromatic carbocycles. The molecule has 0 spiro atoms. The van der Waals surface area contributed by atoms with Gasteiger partial charge in [0.25, 0.3) is 11.1 Å². The average Bonchev–Trinajstić information content (AvgIpc) is 2.22. The summed E-state index contributed by atoms with van der Waals surface area (Å²) in [5, 5.41) is 0. The summed E-state index contributed by atoms with van der Waals surface area (Å²) in [5.74, 6) is 0.800. The lowest BCUT2D eigenvalue weighted by Crippen LogP contribution is -2.38. The second-order valence-corrected chi connectivity index (χ2v) is 4.32. The van der Waals surface area contributed by atoms with Crippen molar-refractivity contribution in [3.05, 3.63) is 26.8 Å². The summed E-state index contributed by atoms with van der Waals surface area (Å²) >= 11 is 1.42. The van der Waals surface area contributed by atoms with Crippen LogP contribution in [0.4, 0.5) is 0 Å². The predicted octanol–water partition coefficient (Wildman–Crippen LogP) is 2.43. The van der Waals surface area contributed by atoms with E-state index >= 15 is 0 Å². The molecule has 0 unspecified atom stereocenters. The third kappa shape index (κ3) is 3.77. The fraction of sp³-hybridized carbons (Fsp3) is 0.667. The average molecular weight is 260 g/mol. The Balaban J connectivity index is 0. The zero-order valence-corrected chi connectivity index (χ0v) is 10.1. The Hall–Kier alpha value is -0.970. The quantitative estimate of drug-likeness (QED) is 0.781. The molecule has 1 aromatic rings. The van der Waals surface area contributed by atoms with E-state index in [1.807, 2.05) is 20.8 Å². The van der Waals surface area contributed by atoms with Crippen molar-refractivity contribution in [2.24, 2.45) is 0 Å². The lowest BCUT2D eigenvalue weighted by atomic mass is 10.5. The molecule has 0 aliphatic carbocycles. The molecule has 1 aromatic heterocycles. The van der Waals surface area contributed by atoms with Crippen LogP contribution >= 0.6 is 11.8 Å². The molecule has 1 rings (SSSR count). The van der Waals surface area contributed by atoms with Gasteiger partial charge in [-0.3, -0.25) is 9.59 Å². The predicted molar refractivity (Wildman–Crippen MR) is 76.2 cm³/mol. The molecular formula is C12H24N2O2S. The van der Waals surface area contributed by atoms with Gasteiger partial charge in [0.1, 0.15) is 0 Å².